The van der Waals surface area contributed by atoms with Gasteiger partial charge in [0, 0.05) is 5.56 Å². The standard InChI is InChI=1S/C29H26F3NO5S/c1-17(2)37-23-10-6-19(7-11-23)26-27(20-4-8-21(9-5-20)29(30,31)32)39-25(33-26)16-36-22-12-14-24(15-13-22)38-18(3)28(34)35/h4-15,17-18H,16H2,1-3H3,(H,34,35). The molecule has 3 aromatic carbocycles. The maximum Gasteiger partial charge on any atom is 0.416 e. The van der Waals surface area contributed by atoms with E-state index in [0.717, 1.165) is 17.7 Å². The minimum atomic E-state index is -4.42. The summed E-state index contributed by atoms with van der Waals surface area (Å²) in [6.45, 7) is 5.42. The van der Waals surface area contributed by atoms with Crippen LogP contribution in [0.15, 0.2) is 72.8 Å². The Labute approximate surface area is 227 Å². The minimum Gasteiger partial charge on any atom is -0.491 e. The largest absolute Gasteiger partial charge is 0.491 e. The summed E-state index contributed by atoms with van der Waals surface area (Å²) in [6, 6.07) is 18.9. The van der Waals surface area contributed by atoms with Crippen molar-refractivity contribution >= 4 is 17.3 Å². The van der Waals surface area contributed by atoms with E-state index in [4.69, 9.17) is 24.3 Å². The van der Waals surface area contributed by atoms with Crippen LogP contribution in [-0.4, -0.2) is 28.3 Å². The van der Waals surface area contributed by atoms with Gasteiger partial charge in [0.2, 0.25) is 0 Å². The van der Waals surface area contributed by atoms with E-state index in [-0.39, 0.29) is 12.7 Å². The Balaban J connectivity index is 1.58. The van der Waals surface area contributed by atoms with E-state index in [1.807, 2.05) is 38.1 Å². The fraction of sp³-hybridized carbons (Fsp3) is 0.241. The number of hydrogen-bond acceptors (Lipinski definition) is 6. The molecular formula is C29H26F3NO5S. The number of carbonyl (C=O) groups is 1. The summed E-state index contributed by atoms with van der Waals surface area (Å²) in [5, 5.41) is 9.61. The number of rotatable bonds is 10. The maximum atomic E-state index is 13.1. The number of hydrogen-bond donors (Lipinski definition) is 1. The van der Waals surface area contributed by atoms with E-state index < -0.39 is 23.8 Å². The van der Waals surface area contributed by atoms with E-state index >= 15 is 0 Å². The Bertz CT molecular complexity index is 1400. The lowest BCUT2D eigenvalue weighted by molar-refractivity contribution is -0.144. The summed E-state index contributed by atoms with van der Waals surface area (Å²) in [5.74, 6) is 0.547. The molecule has 1 unspecified atom stereocenters. The number of ether oxygens (including phenoxy) is 3. The number of carboxylic acid groups (broad SMARTS) is 1. The summed E-state index contributed by atoms with van der Waals surface area (Å²) in [5.41, 5.74) is 1.30. The molecule has 0 fully saturated rings. The van der Waals surface area contributed by atoms with Gasteiger partial charge in [0.25, 0.3) is 0 Å². The van der Waals surface area contributed by atoms with E-state index in [9.17, 15) is 18.0 Å². The normalized spacial score (nSPS) is 12.3. The molecule has 0 bridgehead atoms. The van der Waals surface area contributed by atoms with E-state index in [1.54, 1.807) is 24.3 Å². The number of aromatic nitrogens is 1. The van der Waals surface area contributed by atoms with Gasteiger partial charge in [-0.2, -0.15) is 13.2 Å². The van der Waals surface area contributed by atoms with Gasteiger partial charge in [0.05, 0.1) is 22.2 Å². The molecule has 10 heteroatoms. The molecule has 1 N–H and O–H groups in total. The van der Waals surface area contributed by atoms with Gasteiger partial charge in [0.15, 0.2) is 6.10 Å². The van der Waals surface area contributed by atoms with Crippen LogP contribution in [0.4, 0.5) is 13.2 Å². The van der Waals surface area contributed by atoms with E-state index in [2.05, 4.69) is 0 Å². The zero-order valence-corrected chi connectivity index (χ0v) is 22.2. The van der Waals surface area contributed by atoms with Gasteiger partial charge in [-0.25, -0.2) is 9.78 Å². The molecule has 4 aromatic rings. The van der Waals surface area contributed by atoms with Crippen molar-refractivity contribution in [1.29, 1.82) is 0 Å². The van der Waals surface area contributed by atoms with Crippen LogP contribution in [0, 0.1) is 0 Å². The third-order valence-corrected chi connectivity index (χ3v) is 6.57. The van der Waals surface area contributed by atoms with Crippen molar-refractivity contribution in [3.8, 4) is 38.9 Å². The zero-order chi connectivity index (χ0) is 28.2. The number of halogens is 3. The molecule has 0 spiro atoms. The average Bonchev–Trinajstić information content (AvgIpc) is 3.32. The third-order valence-electron chi connectivity index (χ3n) is 5.49. The van der Waals surface area contributed by atoms with Gasteiger partial charge in [-0.3, -0.25) is 0 Å². The van der Waals surface area contributed by atoms with Crippen molar-refractivity contribution in [2.45, 2.75) is 45.8 Å². The van der Waals surface area contributed by atoms with Crippen LogP contribution in [-0.2, 0) is 17.6 Å². The van der Waals surface area contributed by atoms with Crippen molar-refractivity contribution in [2.75, 3.05) is 0 Å². The Kier molecular flexibility index (Phi) is 8.44. The van der Waals surface area contributed by atoms with Crippen LogP contribution < -0.4 is 14.2 Å². The first-order chi connectivity index (χ1) is 18.5. The number of carboxylic acids is 1. The van der Waals surface area contributed by atoms with Crippen molar-refractivity contribution in [3.05, 3.63) is 83.4 Å². The molecule has 1 aromatic heterocycles. The highest BCUT2D eigenvalue weighted by Gasteiger charge is 2.30. The van der Waals surface area contributed by atoms with Crippen LogP contribution in [0.25, 0.3) is 21.7 Å². The molecule has 0 aliphatic rings. The molecule has 0 amide bonds. The average molecular weight is 558 g/mol. The highest BCUT2D eigenvalue weighted by molar-refractivity contribution is 7.15. The Morgan fingerprint density at radius 1 is 0.846 bits per heavy atom. The zero-order valence-electron chi connectivity index (χ0n) is 21.4. The van der Waals surface area contributed by atoms with Crippen LogP contribution >= 0.6 is 11.3 Å². The molecule has 0 aliphatic heterocycles. The number of nitrogens with zero attached hydrogens (tertiary/aromatic N) is 1. The fourth-order valence-electron chi connectivity index (χ4n) is 3.61. The molecule has 0 saturated carbocycles. The molecule has 204 valence electrons. The van der Waals surface area contributed by atoms with Crippen LogP contribution in [0.5, 0.6) is 17.2 Å². The van der Waals surface area contributed by atoms with Crippen molar-refractivity contribution in [1.82, 2.24) is 4.98 Å². The smallest absolute Gasteiger partial charge is 0.416 e. The molecule has 1 atom stereocenters. The minimum absolute atomic E-state index is 0.0165. The first-order valence-electron chi connectivity index (χ1n) is 12.1. The van der Waals surface area contributed by atoms with Crippen LogP contribution in [0.1, 0.15) is 31.3 Å². The second-order valence-electron chi connectivity index (χ2n) is 8.91. The van der Waals surface area contributed by atoms with Crippen molar-refractivity contribution in [2.24, 2.45) is 0 Å². The molecule has 0 aliphatic carbocycles. The summed E-state index contributed by atoms with van der Waals surface area (Å²) in [7, 11) is 0. The molecular weight excluding hydrogens is 531 g/mol. The number of benzene rings is 3. The Morgan fingerprint density at radius 2 is 1.38 bits per heavy atom. The molecule has 0 saturated heterocycles. The van der Waals surface area contributed by atoms with Gasteiger partial charge >= 0.3 is 12.1 Å². The lowest BCUT2D eigenvalue weighted by Gasteiger charge is -2.11. The van der Waals surface area contributed by atoms with Gasteiger partial charge in [-0.05, 0) is 87.0 Å². The van der Waals surface area contributed by atoms with Crippen molar-refractivity contribution in [3.63, 3.8) is 0 Å². The summed E-state index contributed by atoms with van der Waals surface area (Å²) < 4.78 is 56.2. The van der Waals surface area contributed by atoms with E-state index in [1.165, 1.54) is 30.4 Å². The first kappa shape index (κ1) is 28.0. The summed E-state index contributed by atoms with van der Waals surface area (Å²) in [6.07, 6.45) is -5.39. The van der Waals surface area contributed by atoms with Crippen LogP contribution in [0.3, 0.4) is 0 Å². The highest BCUT2D eigenvalue weighted by Crippen LogP contribution is 2.39. The predicted octanol–water partition coefficient (Wildman–Crippen LogP) is 7.71. The molecule has 1 heterocycles. The third kappa shape index (κ3) is 7.29. The Hall–Kier alpha value is -4.05. The second kappa shape index (κ2) is 11.8. The fourth-order valence-corrected chi connectivity index (χ4v) is 4.61. The van der Waals surface area contributed by atoms with Gasteiger partial charge in [-0.15, -0.1) is 11.3 Å². The predicted molar refractivity (Wildman–Crippen MR) is 142 cm³/mol. The van der Waals surface area contributed by atoms with Crippen LogP contribution in [0.2, 0.25) is 0 Å². The highest BCUT2D eigenvalue weighted by atomic mass is 32.1. The number of thiazole rings is 1. The van der Waals surface area contributed by atoms with Gasteiger partial charge < -0.3 is 19.3 Å². The monoisotopic (exact) mass is 557 g/mol. The summed E-state index contributed by atoms with van der Waals surface area (Å²) in [4.78, 5) is 16.4. The number of alkyl halides is 3. The quantitative estimate of drug-likeness (QED) is 0.215. The Morgan fingerprint density at radius 3 is 1.95 bits per heavy atom. The number of aliphatic carboxylic acids is 1. The van der Waals surface area contributed by atoms with E-state index in [0.29, 0.717) is 38.4 Å². The second-order valence-corrected chi connectivity index (χ2v) is 9.99. The van der Waals surface area contributed by atoms with Crippen molar-refractivity contribution < 1.29 is 37.3 Å². The molecule has 4 rings (SSSR count). The first-order valence-corrected chi connectivity index (χ1v) is 12.9. The molecule has 6 nitrogen and oxygen atoms in total. The molecule has 0 radical (unpaired) electrons. The SMILES string of the molecule is CC(C)Oc1ccc(-c2nc(COc3ccc(OC(C)C(=O)O)cc3)sc2-c2ccc(C(F)(F)F)cc2)cc1. The van der Waals surface area contributed by atoms with Gasteiger partial charge in [-0.1, -0.05) is 12.1 Å². The lowest BCUT2D eigenvalue weighted by Crippen LogP contribution is -2.22. The topological polar surface area (TPSA) is 77.9 Å². The lowest BCUT2D eigenvalue weighted by atomic mass is 10.1. The maximum absolute atomic E-state index is 13.1. The summed E-state index contributed by atoms with van der Waals surface area (Å²) >= 11 is 1.33. The molecule has 39 heavy (non-hydrogen) atoms. The van der Waals surface area contributed by atoms with Gasteiger partial charge in [0.1, 0.15) is 28.9 Å².